The molecular weight excluding hydrogens is 442 g/mol. The third kappa shape index (κ3) is 9.34. The monoisotopic (exact) mass is 471 g/mol. The van der Waals surface area contributed by atoms with Gasteiger partial charge < -0.3 is 37.5 Å². The van der Waals surface area contributed by atoms with Crippen LogP contribution in [0.1, 0.15) is 25.5 Å². The lowest BCUT2D eigenvalue weighted by atomic mass is 10.1. The lowest BCUT2D eigenvalue weighted by Crippen LogP contribution is -2.56. The Labute approximate surface area is 188 Å². The Morgan fingerprint density at radius 1 is 1.12 bits per heavy atom. The maximum Gasteiger partial charge on any atom is 0.326 e. The second-order valence-electron chi connectivity index (χ2n) is 7.03. The fourth-order valence-electron chi connectivity index (χ4n) is 2.59. The molecule has 0 aliphatic heterocycles. The predicted molar refractivity (Wildman–Crippen MR) is 116 cm³/mol. The maximum absolute atomic E-state index is 12.7. The molecule has 0 fully saturated rings. The van der Waals surface area contributed by atoms with Crippen LogP contribution in [0.5, 0.6) is 0 Å². The molecule has 0 radical (unpaired) electrons. The molecule has 0 bridgehead atoms. The zero-order valence-electron chi connectivity index (χ0n) is 17.8. The summed E-state index contributed by atoms with van der Waals surface area (Å²) >= 11 is 1.46. The van der Waals surface area contributed by atoms with Gasteiger partial charge in [0.15, 0.2) is 0 Å². The number of nitrogens with zero attached hydrogens (tertiary/aromatic N) is 1. The highest BCUT2D eigenvalue weighted by Gasteiger charge is 2.28. The summed E-state index contributed by atoms with van der Waals surface area (Å²) < 4.78 is 0. The normalized spacial score (nSPS) is 14.5. The van der Waals surface area contributed by atoms with Gasteiger partial charge in [-0.25, -0.2) is 9.78 Å². The topological polar surface area (TPSA) is 222 Å². The average Bonchev–Trinajstić information content (AvgIpc) is 3.22. The second kappa shape index (κ2) is 13.3. The van der Waals surface area contributed by atoms with Crippen molar-refractivity contribution < 1.29 is 29.1 Å². The Balaban J connectivity index is 2.72. The molecule has 4 atom stereocenters. The van der Waals surface area contributed by atoms with E-state index in [1.165, 1.54) is 31.2 Å². The quantitative estimate of drug-likeness (QED) is 0.152. The summed E-state index contributed by atoms with van der Waals surface area (Å²) in [7, 11) is 0. The van der Waals surface area contributed by atoms with Crippen molar-refractivity contribution in [2.45, 2.75) is 50.4 Å². The van der Waals surface area contributed by atoms with Crippen LogP contribution in [0, 0.1) is 0 Å². The Hall–Kier alpha value is -3.13. The van der Waals surface area contributed by atoms with Gasteiger partial charge in [0.25, 0.3) is 0 Å². The fraction of sp³-hybridized carbons (Fsp3) is 0.556. The molecule has 0 saturated carbocycles. The van der Waals surface area contributed by atoms with E-state index in [1.807, 2.05) is 6.26 Å². The summed E-state index contributed by atoms with van der Waals surface area (Å²) in [4.78, 5) is 66.2. The van der Waals surface area contributed by atoms with Crippen LogP contribution in [0.2, 0.25) is 0 Å². The van der Waals surface area contributed by atoms with Crippen LogP contribution in [-0.4, -0.2) is 80.8 Å². The number of carboxylic acid groups (broad SMARTS) is 1. The molecule has 32 heavy (non-hydrogen) atoms. The molecule has 9 N–H and O–H groups in total. The number of aromatic amines is 1. The van der Waals surface area contributed by atoms with Gasteiger partial charge in [-0.15, -0.1) is 0 Å². The molecular formula is C18H29N7O6S. The summed E-state index contributed by atoms with van der Waals surface area (Å²) in [5.74, 6) is -3.80. The first-order valence-electron chi connectivity index (χ1n) is 9.69. The molecule has 13 nitrogen and oxygen atoms in total. The zero-order chi connectivity index (χ0) is 24.3. The molecule has 178 valence electrons. The van der Waals surface area contributed by atoms with Crippen molar-refractivity contribution in [1.82, 2.24) is 25.9 Å². The van der Waals surface area contributed by atoms with Crippen LogP contribution in [-0.2, 0) is 30.4 Å². The van der Waals surface area contributed by atoms with Gasteiger partial charge in [0.1, 0.15) is 18.1 Å². The number of nitrogens with two attached hydrogens (primary N) is 2. The summed E-state index contributed by atoms with van der Waals surface area (Å²) in [6.07, 6.45) is 4.71. The molecule has 4 unspecified atom stereocenters. The van der Waals surface area contributed by atoms with E-state index in [2.05, 4.69) is 25.9 Å². The number of aromatic nitrogens is 2. The molecule has 1 aromatic rings. The van der Waals surface area contributed by atoms with E-state index in [1.54, 1.807) is 0 Å². The lowest BCUT2D eigenvalue weighted by molar-refractivity contribution is -0.143. The molecule has 1 rings (SSSR count). The van der Waals surface area contributed by atoms with E-state index in [0.717, 1.165) is 0 Å². The Bertz CT molecular complexity index is 804. The number of hydrogen-bond donors (Lipinski definition) is 7. The third-order valence-corrected chi connectivity index (χ3v) is 4.99. The van der Waals surface area contributed by atoms with Crippen LogP contribution in [0.25, 0.3) is 0 Å². The van der Waals surface area contributed by atoms with Crippen molar-refractivity contribution in [2.75, 3.05) is 12.0 Å². The van der Waals surface area contributed by atoms with Gasteiger partial charge in [0.05, 0.1) is 18.8 Å². The average molecular weight is 472 g/mol. The van der Waals surface area contributed by atoms with Gasteiger partial charge in [-0.05, 0) is 25.4 Å². The number of nitrogens with one attached hydrogen (secondary N) is 4. The smallest absolute Gasteiger partial charge is 0.326 e. The van der Waals surface area contributed by atoms with E-state index in [-0.39, 0.29) is 12.8 Å². The van der Waals surface area contributed by atoms with Gasteiger partial charge in [0, 0.05) is 18.3 Å². The third-order valence-electron chi connectivity index (χ3n) is 4.35. The number of hydrogen-bond acceptors (Lipinski definition) is 8. The minimum atomic E-state index is -1.52. The minimum absolute atomic E-state index is 0.192. The predicted octanol–water partition coefficient (Wildman–Crippen LogP) is -2.53. The van der Waals surface area contributed by atoms with Crippen molar-refractivity contribution in [3.63, 3.8) is 0 Å². The van der Waals surface area contributed by atoms with Crippen LogP contribution in [0.15, 0.2) is 12.5 Å². The number of carboxylic acids is 1. The van der Waals surface area contributed by atoms with Crippen LogP contribution >= 0.6 is 11.8 Å². The van der Waals surface area contributed by atoms with Crippen molar-refractivity contribution in [1.29, 1.82) is 0 Å². The molecule has 0 aromatic carbocycles. The molecule has 0 aliphatic rings. The minimum Gasteiger partial charge on any atom is -0.480 e. The summed E-state index contributed by atoms with van der Waals surface area (Å²) in [6.45, 7) is 1.34. The molecule has 1 aromatic heterocycles. The number of carbonyl (C=O) groups is 5. The number of aliphatic carboxylic acids is 1. The van der Waals surface area contributed by atoms with E-state index in [4.69, 9.17) is 16.6 Å². The Morgan fingerprint density at radius 3 is 2.31 bits per heavy atom. The van der Waals surface area contributed by atoms with Crippen molar-refractivity contribution in [3.05, 3.63) is 18.2 Å². The number of carbonyl (C=O) groups excluding carboxylic acids is 4. The van der Waals surface area contributed by atoms with Gasteiger partial charge in [-0.1, -0.05) is 0 Å². The van der Waals surface area contributed by atoms with E-state index in [0.29, 0.717) is 11.4 Å². The Morgan fingerprint density at radius 2 is 1.78 bits per heavy atom. The maximum atomic E-state index is 12.7. The molecule has 1 heterocycles. The van der Waals surface area contributed by atoms with Crippen molar-refractivity contribution in [3.8, 4) is 0 Å². The Kier molecular flexibility index (Phi) is 11.2. The highest BCUT2D eigenvalue weighted by Crippen LogP contribution is 2.04. The van der Waals surface area contributed by atoms with Crippen molar-refractivity contribution in [2.24, 2.45) is 11.5 Å². The van der Waals surface area contributed by atoms with Crippen molar-refractivity contribution >= 4 is 41.4 Å². The van der Waals surface area contributed by atoms with Gasteiger partial charge >= 0.3 is 5.97 Å². The van der Waals surface area contributed by atoms with Gasteiger partial charge in [-0.2, -0.15) is 11.8 Å². The van der Waals surface area contributed by atoms with Crippen LogP contribution in [0.3, 0.4) is 0 Å². The standard InChI is InChI=1S/C18H29N7O6S/c1-9(15(27)25-13(18(30)31)6-14(20)26)23-17(29)12(3-4-32-2)24-16(28)11(19)5-10-7-21-8-22-10/h7-9,11-13H,3-6,19H2,1-2H3,(H2,20,26)(H,21,22)(H,23,29)(H,24,28)(H,25,27)(H,30,31). The first-order valence-corrected chi connectivity index (χ1v) is 11.1. The van der Waals surface area contributed by atoms with Gasteiger partial charge in [0.2, 0.25) is 23.6 Å². The lowest BCUT2D eigenvalue weighted by Gasteiger charge is -2.23. The molecule has 0 spiro atoms. The van der Waals surface area contributed by atoms with Crippen LogP contribution < -0.4 is 27.4 Å². The van der Waals surface area contributed by atoms with E-state index in [9.17, 15) is 24.0 Å². The van der Waals surface area contributed by atoms with Crippen LogP contribution in [0.4, 0.5) is 0 Å². The number of primary amides is 1. The number of imidazole rings is 1. The largest absolute Gasteiger partial charge is 0.480 e. The molecule has 0 saturated heterocycles. The number of thioether (sulfide) groups is 1. The van der Waals surface area contributed by atoms with Gasteiger partial charge in [-0.3, -0.25) is 19.2 Å². The number of amides is 4. The highest BCUT2D eigenvalue weighted by atomic mass is 32.2. The molecule has 14 heteroatoms. The van der Waals surface area contributed by atoms with E-state index >= 15 is 0 Å². The SMILES string of the molecule is CSCCC(NC(=O)C(N)Cc1cnc[nH]1)C(=O)NC(C)C(=O)NC(CC(N)=O)C(=O)O. The molecule has 0 aliphatic carbocycles. The molecule has 4 amide bonds. The first-order chi connectivity index (χ1) is 15.0. The van der Waals surface area contributed by atoms with E-state index < -0.39 is 60.2 Å². The summed E-state index contributed by atoms with van der Waals surface area (Å²) in [5.41, 5.74) is 11.5. The second-order valence-corrected chi connectivity index (χ2v) is 8.02. The zero-order valence-corrected chi connectivity index (χ0v) is 18.6. The number of H-pyrrole nitrogens is 1. The highest BCUT2D eigenvalue weighted by molar-refractivity contribution is 7.98. The summed E-state index contributed by atoms with van der Waals surface area (Å²) in [6, 6.07) is -4.54. The summed E-state index contributed by atoms with van der Waals surface area (Å²) in [5, 5.41) is 16.2. The fourth-order valence-corrected chi connectivity index (χ4v) is 3.06. The number of rotatable bonds is 14. The first kappa shape index (κ1) is 26.9.